The smallest absolute Gasteiger partial charge is 0.252 e. The first kappa shape index (κ1) is 9.93. The fourth-order valence-electron chi connectivity index (χ4n) is 2.13. The maximum Gasteiger partial charge on any atom is 0.252 e. The van der Waals surface area contributed by atoms with Gasteiger partial charge in [0.25, 0.3) is 5.91 Å². The van der Waals surface area contributed by atoms with E-state index in [-0.39, 0.29) is 5.91 Å². The van der Waals surface area contributed by atoms with Crippen molar-refractivity contribution >= 4 is 28.9 Å². The molecule has 2 N–H and O–H groups in total. The minimum absolute atomic E-state index is 0.0279. The number of fused-ring (bicyclic) bond motifs is 1. The van der Waals surface area contributed by atoms with E-state index in [1.807, 2.05) is 6.07 Å². The van der Waals surface area contributed by atoms with Crippen LogP contribution in [0.15, 0.2) is 18.2 Å². The Morgan fingerprint density at radius 3 is 3.00 bits per heavy atom. The Balaban J connectivity index is 2.02. The lowest BCUT2D eigenvalue weighted by molar-refractivity contribution is -0.120. The molecule has 5 heteroatoms. The van der Waals surface area contributed by atoms with Crippen LogP contribution >= 0.6 is 11.6 Å². The first-order chi connectivity index (χ1) is 7.70. The Hall–Kier alpha value is -1.26. The van der Waals surface area contributed by atoms with Crippen LogP contribution in [0.3, 0.4) is 0 Å². The van der Waals surface area contributed by atoms with Gasteiger partial charge in [-0.15, -0.1) is 0 Å². The summed E-state index contributed by atoms with van der Waals surface area (Å²) >= 11 is 5.92. The van der Waals surface area contributed by atoms with E-state index in [9.17, 15) is 4.79 Å². The Morgan fingerprint density at radius 1 is 1.38 bits per heavy atom. The summed E-state index contributed by atoms with van der Waals surface area (Å²) in [6, 6.07) is 5.37. The molecule has 1 spiro atoms. The fraction of sp³-hybridized carbons (Fsp3) is 0.364. The van der Waals surface area contributed by atoms with Crippen LogP contribution in [0.5, 0.6) is 0 Å². The molecule has 16 heavy (non-hydrogen) atoms. The molecule has 0 radical (unpaired) electrons. The minimum Gasteiger partial charge on any atom is -0.378 e. The van der Waals surface area contributed by atoms with Crippen molar-refractivity contribution in [1.82, 2.24) is 0 Å². The van der Waals surface area contributed by atoms with Crippen LogP contribution in [0.2, 0.25) is 5.02 Å². The highest BCUT2D eigenvalue weighted by Crippen LogP contribution is 2.36. The molecule has 0 bridgehead atoms. The summed E-state index contributed by atoms with van der Waals surface area (Å²) in [6.45, 7) is 1.01. The Bertz CT molecular complexity index is 455. The number of ether oxygens (including phenoxy) is 1. The second kappa shape index (κ2) is 3.37. The predicted molar refractivity (Wildman–Crippen MR) is 61.9 cm³/mol. The third-order valence-electron chi connectivity index (χ3n) is 3.06. The van der Waals surface area contributed by atoms with Crippen molar-refractivity contribution in [3.05, 3.63) is 23.2 Å². The van der Waals surface area contributed by atoms with Crippen molar-refractivity contribution in [3.63, 3.8) is 0 Å². The van der Waals surface area contributed by atoms with Crippen molar-refractivity contribution in [2.24, 2.45) is 0 Å². The van der Waals surface area contributed by atoms with Gasteiger partial charge in [0, 0.05) is 18.1 Å². The molecule has 1 aromatic carbocycles. The van der Waals surface area contributed by atoms with E-state index >= 15 is 0 Å². The molecule has 3 rings (SSSR count). The summed E-state index contributed by atoms with van der Waals surface area (Å²) in [5.41, 5.74) is 1.02. The van der Waals surface area contributed by atoms with Crippen molar-refractivity contribution in [2.45, 2.75) is 12.0 Å². The van der Waals surface area contributed by atoms with Gasteiger partial charge in [0.05, 0.1) is 18.0 Å². The fourth-order valence-corrected chi connectivity index (χ4v) is 2.30. The lowest BCUT2D eigenvalue weighted by Crippen LogP contribution is -2.53. The molecule has 0 saturated carbocycles. The number of halogens is 1. The Morgan fingerprint density at radius 2 is 2.25 bits per heavy atom. The first-order valence-electron chi connectivity index (χ1n) is 5.17. The monoisotopic (exact) mass is 238 g/mol. The lowest BCUT2D eigenvalue weighted by Gasteiger charge is -2.34. The quantitative estimate of drug-likeness (QED) is 0.726. The zero-order valence-corrected chi connectivity index (χ0v) is 9.30. The average Bonchev–Trinajstić information content (AvgIpc) is 2.70. The number of benzene rings is 1. The summed E-state index contributed by atoms with van der Waals surface area (Å²) in [5, 5.41) is 6.77. The molecule has 2 heterocycles. The third-order valence-corrected chi connectivity index (χ3v) is 3.30. The number of anilines is 2. The van der Waals surface area contributed by atoms with Crippen LogP contribution in [0.4, 0.5) is 11.4 Å². The number of hydrogen-bond donors (Lipinski definition) is 2. The zero-order chi connectivity index (χ0) is 11.2. The molecule has 84 valence electrons. The molecule has 4 nitrogen and oxygen atoms in total. The number of carbonyl (C=O) groups is 1. The molecule has 0 aliphatic carbocycles. The lowest BCUT2D eigenvalue weighted by atomic mass is 9.94. The van der Waals surface area contributed by atoms with Crippen LogP contribution in [0.25, 0.3) is 0 Å². The van der Waals surface area contributed by atoms with Gasteiger partial charge in [-0.3, -0.25) is 4.79 Å². The van der Waals surface area contributed by atoms with E-state index < -0.39 is 5.54 Å². The summed E-state index contributed by atoms with van der Waals surface area (Å²) in [6.07, 6.45) is 0.685. The zero-order valence-electron chi connectivity index (χ0n) is 8.55. The topological polar surface area (TPSA) is 50.4 Å². The number of rotatable bonds is 0. The van der Waals surface area contributed by atoms with Gasteiger partial charge in [0.2, 0.25) is 0 Å². The summed E-state index contributed by atoms with van der Waals surface area (Å²) < 4.78 is 5.30. The molecule has 1 saturated heterocycles. The van der Waals surface area contributed by atoms with Crippen molar-refractivity contribution in [2.75, 3.05) is 23.8 Å². The Labute approximate surface area is 97.9 Å². The largest absolute Gasteiger partial charge is 0.378 e. The van der Waals surface area contributed by atoms with Crippen LogP contribution in [0, 0.1) is 0 Å². The van der Waals surface area contributed by atoms with Crippen LogP contribution in [0.1, 0.15) is 6.42 Å². The molecule has 2 aliphatic heterocycles. The third kappa shape index (κ3) is 1.37. The van der Waals surface area contributed by atoms with E-state index in [4.69, 9.17) is 16.3 Å². The number of amides is 1. The molecule has 1 aromatic rings. The summed E-state index contributed by atoms with van der Waals surface area (Å²) in [4.78, 5) is 12.0. The summed E-state index contributed by atoms with van der Waals surface area (Å²) in [7, 11) is 0. The molecular weight excluding hydrogens is 228 g/mol. The second-order valence-corrected chi connectivity index (χ2v) is 4.59. The van der Waals surface area contributed by atoms with Gasteiger partial charge in [-0.05, 0) is 18.2 Å². The van der Waals surface area contributed by atoms with Crippen molar-refractivity contribution < 1.29 is 9.53 Å². The molecule has 2 aliphatic rings. The van der Waals surface area contributed by atoms with E-state index in [2.05, 4.69) is 10.6 Å². The molecule has 1 amide bonds. The maximum atomic E-state index is 12.0. The molecule has 0 aromatic heterocycles. The second-order valence-electron chi connectivity index (χ2n) is 4.15. The Kier molecular flexibility index (Phi) is 2.09. The van der Waals surface area contributed by atoms with Crippen LogP contribution in [-0.4, -0.2) is 24.7 Å². The highest BCUT2D eigenvalue weighted by Gasteiger charge is 2.45. The maximum absolute atomic E-state index is 12.0. The summed E-state index contributed by atoms with van der Waals surface area (Å²) in [5.74, 6) is -0.0279. The standard InChI is InChI=1S/C11H11ClN2O2/c12-7-1-2-8-9(5-7)14-11(10(15)13-8)3-4-16-6-11/h1-2,5,14H,3-4,6H2,(H,13,15)/t11-/m1/s1. The average molecular weight is 239 g/mol. The molecule has 0 unspecified atom stereocenters. The van der Waals surface area contributed by atoms with Gasteiger partial charge < -0.3 is 15.4 Å². The number of hydrogen-bond acceptors (Lipinski definition) is 3. The van der Waals surface area contributed by atoms with E-state index in [1.54, 1.807) is 12.1 Å². The van der Waals surface area contributed by atoms with Gasteiger partial charge in [-0.2, -0.15) is 0 Å². The van der Waals surface area contributed by atoms with Crippen molar-refractivity contribution in [1.29, 1.82) is 0 Å². The highest BCUT2D eigenvalue weighted by molar-refractivity contribution is 6.31. The highest BCUT2D eigenvalue weighted by atomic mass is 35.5. The molecule has 1 atom stereocenters. The van der Waals surface area contributed by atoms with Gasteiger partial charge in [0.1, 0.15) is 5.54 Å². The van der Waals surface area contributed by atoms with Gasteiger partial charge in [-0.1, -0.05) is 11.6 Å². The number of carbonyl (C=O) groups excluding carboxylic acids is 1. The van der Waals surface area contributed by atoms with Gasteiger partial charge >= 0.3 is 0 Å². The van der Waals surface area contributed by atoms with Crippen molar-refractivity contribution in [3.8, 4) is 0 Å². The minimum atomic E-state index is -0.613. The van der Waals surface area contributed by atoms with E-state index in [0.717, 1.165) is 11.4 Å². The van der Waals surface area contributed by atoms with E-state index in [1.165, 1.54) is 0 Å². The normalized spacial score (nSPS) is 27.4. The van der Waals surface area contributed by atoms with Crippen LogP contribution in [-0.2, 0) is 9.53 Å². The first-order valence-corrected chi connectivity index (χ1v) is 5.54. The number of nitrogens with one attached hydrogen (secondary N) is 2. The van der Waals surface area contributed by atoms with E-state index in [0.29, 0.717) is 24.7 Å². The SMILES string of the molecule is O=C1Nc2ccc(Cl)cc2N[C@@]12CCOC2. The predicted octanol–water partition coefficient (Wildman–Crippen LogP) is 1.86. The molecule has 1 fully saturated rings. The van der Waals surface area contributed by atoms with Crippen LogP contribution < -0.4 is 10.6 Å². The van der Waals surface area contributed by atoms with Gasteiger partial charge in [-0.25, -0.2) is 0 Å². The van der Waals surface area contributed by atoms with Gasteiger partial charge in [0.15, 0.2) is 0 Å². The molecular formula is C11H11ClN2O2.